The fourth-order valence-electron chi connectivity index (χ4n) is 2.07. The van der Waals surface area contributed by atoms with Gasteiger partial charge in [-0.3, -0.25) is 14.9 Å². The van der Waals surface area contributed by atoms with Gasteiger partial charge in [-0.25, -0.2) is 0 Å². The third-order valence-electron chi connectivity index (χ3n) is 3.37. The van der Waals surface area contributed by atoms with Crippen LogP contribution in [-0.2, 0) is 4.79 Å². The Morgan fingerprint density at radius 2 is 1.96 bits per heavy atom. The predicted octanol–water partition coefficient (Wildman–Crippen LogP) is 4.38. The number of phenolic OH excluding ortho intramolecular Hbond substituents is 1. The number of carbonyl (C=O) groups excluding carboxylic acids is 1. The number of halogens is 2. The molecule has 0 heterocycles. The predicted molar refractivity (Wildman–Crippen MR) is 105 cm³/mol. The molecule has 0 aliphatic carbocycles. The summed E-state index contributed by atoms with van der Waals surface area (Å²) >= 11 is 6.32. The summed E-state index contributed by atoms with van der Waals surface area (Å²) < 4.78 is 5.67. The zero-order chi connectivity index (χ0) is 20.1. The van der Waals surface area contributed by atoms with Crippen molar-refractivity contribution < 1.29 is 19.6 Å². The monoisotopic (exact) mass is 495 g/mol. The quantitative estimate of drug-likeness (QED) is 0.274. The molecule has 0 fully saturated rings. The van der Waals surface area contributed by atoms with E-state index in [4.69, 9.17) is 4.74 Å². The van der Waals surface area contributed by atoms with Crippen LogP contribution >= 0.6 is 31.9 Å². The number of amides is 1. The molecular weight excluding hydrogens is 486 g/mol. The van der Waals surface area contributed by atoms with E-state index in [2.05, 4.69) is 37.2 Å². The zero-order valence-electron chi connectivity index (χ0n) is 13.7. The summed E-state index contributed by atoms with van der Waals surface area (Å²) in [4.78, 5) is 22.9. The van der Waals surface area contributed by atoms with Gasteiger partial charge >= 0.3 is 0 Å². The first-order chi connectivity index (χ1) is 12.8. The van der Waals surface area contributed by atoms with E-state index >= 15 is 0 Å². The van der Waals surface area contributed by atoms with Gasteiger partial charge in [0.2, 0.25) is 0 Å². The van der Waals surface area contributed by atoms with E-state index in [1.165, 1.54) is 43.5 Å². The van der Waals surface area contributed by atoms with Gasteiger partial charge < -0.3 is 15.2 Å². The highest BCUT2D eigenvalue weighted by molar-refractivity contribution is 9.11. The molecule has 2 aromatic carbocycles. The van der Waals surface area contributed by atoms with Gasteiger partial charge in [0.05, 0.1) is 27.0 Å². The molecular formula is C17H11Br2N3O5. The van der Waals surface area contributed by atoms with Crippen molar-refractivity contribution in [2.45, 2.75) is 0 Å². The largest absolute Gasteiger partial charge is 0.506 e. The summed E-state index contributed by atoms with van der Waals surface area (Å²) in [5, 5.41) is 32.6. The molecule has 2 rings (SSSR count). The van der Waals surface area contributed by atoms with E-state index in [0.29, 0.717) is 14.5 Å². The van der Waals surface area contributed by atoms with Crippen LogP contribution in [0.5, 0.6) is 11.5 Å². The number of nitrogens with one attached hydrogen (secondary N) is 1. The first-order valence-corrected chi connectivity index (χ1v) is 8.79. The Hall–Kier alpha value is -2.90. The molecule has 0 aromatic heterocycles. The Bertz CT molecular complexity index is 976. The van der Waals surface area contributed by atoms with Crippen LogP contribution in [0.3, 0.4) is 0 Å². The van der Waals surface area contributed by atoms with Crippen LogP contribution in [-0.4, -0.2) is 23.0 Å². The molecule has 0 bridgehead atoms. The van der Waals surface area contributed by atoms with Crippen molar-refractivity contribution in [3.05, 3.63) is 60.5 Å². The molecule has 1 amide bonds. The van der Waals surface area contributed by atoms with E-state index in [0.717, 1.165) is 0 Å². The summed E-state index contributed by atoms with van der Waals surface area (Å²) in [6, 6.07) is 8.72. The molecule has 27 heavy (non-hydrogen) atoms. The number of rotatable bonds is 5. The SMILES string of the molecule is COc1ccc(NC(=O)/C(C#N)=C/c2cc(Br)c(O)c(Br)c2)c([N+](=O)[O-])c1. The number of nitro benzene ring substituents is 1. The number of hydrogen-bond acceptors (Lipinski definition) is 6. The second kappa shape index (κ2) is 8.66. The molecule has 0 atom stereocenters. The third kappa shape index (κ3) is 4.84. The summed E-state index contributed by atoms with van der Waals surface area (Å²) in [6.45, 7) is 0. The Morgan fingerprint density at radius 1 is 1.33 bits per heavy atom. The number of ether oxygens (including phenoxy) is 1. The molecule has 0 saturated heterocycles. The average molecular weight is 497 g/mol. The summed E-state index contributed by atoms with van der Waals surface area (Å²) in [6.07, 6.45) is 1.29. The van der Waals surface area contributed by atoms with Crippen molar-refractivity contribution in [1.82, 2.24) is 0 Å². The van der Waals surface area contributed by atoms with Gasteiger partial charge in [-0.2, -0.15) is 5.26 Å². The molecule has 0 spiro atoms. The van der Waals surface area contributed by atoms with Gasteiger partial charge in [0.15, 0.2) is 0 Å². The highest BCUT2D eigenvalue weighted by Gasteiger charge is 2.19. The number of benzene rings is 2. The van der Waals surface area contributed by atoms with Gasteiger partial charge in [0.25, 0.3) is 11.6 Å². The molecule has 0 saturated carbocycles. The molecule has 0 aliphatic heterocycles. The highest BCUT2D eigenvalue weighted by atomic mass is 79.9. The second-order valence-electron chi connectivity index (χ2n) is 5.10. The molecule has 2 aromatic rings. The Morgan fingerprint density at radius 3 is 2.48 bits per heavy atom. The topological polar surface area (TPSA) is 125 Å². The minimum Gasteiger partial charge on any atom is -0.506 e. The molecule has 10 heteroatoms. The fourth-order valence-corrected chi connectivity index (χ4v) is 3.29. The van der Waals surface area contributed by atoms with E-state index in [-0.39, 0.29) is 28.4 Å². The number of methoxy groups -OCH3 is 1. The summed E-state index contributed by atoms with van der Waals surface area (Å²) in [5.41, 5.74) is -0.248. The van der Waals surface area contributed by atoms with Crippen LogP contribution in [0.2, 0.25) is 0 Å². The number of carbonyl (C=O) groups is 1. The number of aromatic hydroxyl groups is 1. The van der Waals surface area contributed by atoms with Gasteiger partial charge in [-0.05, 0) is 67.8 Å². The molecule has 2 N–H and O–H groups in total. The minimum absolute atomic E-state index is 0.0241. The van der Waals surface area contributed by atoms with Crippen molar-refractivity contribution in [2.24, 2.45) is 0 Å². The maximum atomic E-state index is 12.4. The van der Waals surface area contributed by atoms with Crippen LogP contribution in [0.4, 0.5) is 11.4 Å². The van der Waals surface area contributed by atoms with Crippen LogP contribution in [0, 0.1) is 21.4 Å². The molecule has 0 radical (unpaired) electrons. The lowest BCUT2D eigenvalue weighted by atomic mass is 10.1. The average Bonchev–Trinajstić information content (AvgIpc) is 2.63. The fraction of sp³-hybridized carbons (Fsp3) is 0.0588. The molecule has 0 unspecified atom stereocenters. The number of hydrogen-bond donors (Lipinski definition) is 2. The van der Waals surface area contributed by atoms with E-state index in [1.807, 2.05) is 0 Å². The highest BCUT2D eigenvalue weighted by Crippen LogP contribution is 2.34. The number of nitrogens with zero attached hydrogens (tertiary/aromatic N) is 2. The van der Waals surface area contributed by atoms with Crippen LogP contribution < -0.4 is 10.1 Å². The number of nitriles is 1. The Kier molecular flexibility index (Phi) is 6.55. The van der Waals surface area contributed by atoms with Crippen molar-refractivity contribution in [3.63, 3.8) is 0 Å². The van der Waals surface area contributed by atoms with Crippen molar-refractivity contribution >= 4 is 55.2 Å². The van der Waals surface area contributed by atoms with Crippen molar-refractivity contribution in [2.75, 3.05) is 12.4 Å². The van der Waals surface area contributed by atoms with Crippen LogP contribution in [0.1, 0.15) is 5.56 Å². The van der Waals surface area contributed by atoms with Gasteiger partial charge in [-0.1, -0.05) is 0 Å². The smallest absolute Gasteiger partial charge is 0.296 e. The minimum atomic E-state index is -0.814. The van der Waals surface area contributed by atoms with Gasteiger partial charge in [0, 0.05) is 0 Å². The second-order valence-corrected chi connectivity index (χ2v) is 6.81. The van der Waals surface area contributed by atoms with Gasteiger partial charge in [-0.15, -0.1) is 0 Å². The normalized spacial score (nSPS) is 10.8. The summed E-state index contributed by atoms with van der Waals surface area (Å²) in [5.74, 6) is -0.579. The molecule has 0 aliphatic rings. The first-order valence-electron chi connectivity index (χ1n) is 7.20. The van der Waals surface area contributed by atoms with E-state index in [1.54, 1.807) is 6.07 Å². The lowest BCUT2D eigenvalue weighted by molar-refractivity contribution is -0.384. The lowest BCUT2D eigenvalue weighted by Gasteiger charge is -2.07. The van der Waals surface area contributed by atoms with Gasteiger partial charge in [0.1, 0.15) is 28.8 Å². The maximum absolute atomic E-state index is 12.4. The van der Waals surface area contributed by atoms with E-state index < -0.39 is 10.8 Å². The van der Waals surface area contributed by atoms with Crippen LogP contribution in [0.25, 0.3) is 6.08 Å². The maximum Gasteiger partial charge on any atom is 0.296 e. The first kappa shape index (κ1) is 20.4. The molecule has 138 valence electrons. The lowest BCUT2D eigenvalue weighted by Crippen LogP contribution is -2.14. The molecule has 8 nitrogen and oxygen atoms in total. The van der Waals surface area contributed by atoms with Crippen molar-refractivity contribution in [3.8, 4) is 17.6 Å². The zero-order valence-corrected chi connectivity index (χ0v) is 16.9. The number of anilines is 1. The standard InChI is InChI=1S/C17H11Br2N3O5/c1-27-11-2-3-14(15(7-11)22(25)26)21-17(24)10(8-20)4-9-5-12(18)16(23)13(19)6-9/h2-7,23H,1H3,(H,21,24)/b10-4+. The number of nitro groups is 1. The third-order valence-corrected chi connectivity index (χ3v) is 4.57. The van der Waals surface area contributed by atoms with Crippen molar-refractivity contribution in [1.29, 1.82) is 5.26 Å². The van der Waals surface area contributed by atoms with Crippen LogP contribution in [0.15, 0.2) is 44.9 Å². The number of phenols is 1. The van der Waals surface area contributed by atoms with E-state index in [9.17, 15) is 25.3 Å². The Balaban J connectivity index is 2.36. The summed E-state index contributed by atoms with van der Waals surface area (Å²) in [7, 11) is 1.36. The Labute approximate surface area is 170 Å².